The smallest absolute Gasteiger partial charge is 0.410 e. The molecule has 116 valence electrons. The molecule has 1 aliphatic rings. The molecule has 1 atom stereocenters. The highest BCUT2D eigenvalue weighted by molar-refractivity contribution is 5.68. The Hall–Kier alpha value is -1.78. The van der Waals surface area contributed by atoms with Gasteiger partial charge in [-0.3, -0.25) is 4.98 Å². The van der Waals surface area contributed by atoms with Crippen LogP contribution < -0.4 is 4.74 Å². The predicted octanol–water partition coefficient (Wildman–Crippen LogP) is 3.03. The van der Waals surface area contributed by atoms with E-state index in [1.165, 1.54) is 0 Å². The van der Waals surface area contributed by atoms with Crippen LogP contribution in [0.4, 0.5) is 4.79 Å². The van der Waals surface area contributed by atoms with Crippen LogP contribution in [-0.2, 0) is 4.74 Å². The van der Waals surface area contributed by atoms with E-state index in [0.717, 1.165) is 24.4 Å². The molecule has 1 amide bonds. The Morgan fingerprint density at radius 2 is 2.24 bits per heavy atom. The molecule has 0 unspecified atom stereocenters. The summed E-state index contributed by atoms with van der Waals surface area (Å²) in [5.41, 5.74) is 0.442. The molecule has 2 heterocycles. The molecule has 0 bridgehead atoms. The van der Waals surface area contributed by atoms with Gasteiger partial charge in [0.1, 0.15) is 11.4 Å². The van der Waals surface area contributed by atoms with Crippen molar-refractivity contribution in [3.63, 3.8) is 0 Å². The Balaban J connectivity index is 1.80. The maximum atomic E-state index is 12.0. The van der Waals surface area contributed by atoms with Crippen molar-refractivity contribution in [1.29, 1.82) is 0 Å². The van der Waals surface area contributed by atoms with Crippen molar-refractivity contribution in [3.8, 4) is 5.75 Å². The number of pyridine rings is 1. The van der Waals surface area contributed by atoms with E-state index in [1.807, 2.05) is 39.8 Å². The maximum Gasteiger partial charge on any atom is 0.410 e. The summed E-state index contributed by atoms with van der Waals surface area (Å²) in [5, 5.41) is 0. The highest BCUT2D eigenvalue weighted by Gasteiger charge is 2.30. The first-order valence-electron chi connectivity index (χ1n) is 7.37. The molecular formula is C16H24N2O3. The number of hydrogen-bond donors (Lipinski definition) is 0. The number of nitrogens with zero attached hydrogens (tertiary/aromatic N) is 2. The van der Waals surface area contributed by atoms with Gasteiger partial charge in [-0.05, 0) is 46.2 Å². The predicted molar refractivity (Wildman–Crippen MR) is 80.4 cm³/mol. The monoisotopic (exact) mass is 292 g/mol. The number of amides is 1. The van der Waals surface area contributed by atoms with Crippen molar-refractivity contribution in [2.45, 2.75) is 39.7 Å². The van der Waals surface area contributed by atoms with E-state index < -0.39 is 5.60 Å². The number of aromatic nitrogens is 1. The van der Waals surface area contributed by atoms with Crippen molar-refractivity contribution in [1.82, 2.24) is 9.88 Å². The van der Waals surface area contributed by atoms with Gasteiger partial charge in [0.2, 0.25) is 0 Å². The number of carbonyl (C=O) groups excluding carboxylic acids is 1. The standard InChI is InChI=1S/C16H24N2O3/c1-12-14(6-5-8-17-12)20-11-13-7-9-18(10-13)15(19)21-16(2,3)4/h5-6,8,13H,7,9-11H2,1-4H3/t13-/m0/s1. The molecule has 0 saturated carbocycles. The van der Waals surface area contributed by atoms with Gasteiger partial charge >= 0.3 is 6.09 Å². The summed E-state index contributed by atoms with van der Waals surface area (Å²) in [4.78, 5) is 17.9. The number of rotatable bonds is 3. The van der Waals surface area contributed by atoms with E-state index in [0.29, 0.717) is 19.1 Å². The lowest BCUT2D eigenvalue weighted by Gasteiger charge is -2.24. The zero-order valence-electron chi connectivity index (χ0n) is 13.3. The molecule has 5 heteroatoms. The van der Waals surface area contributed by atoms with E-state index >= 15 is 0 Å². The van der Waals surface area contributed by atoms with Gasteiger partial charge in [0.05, 0.1) is 12.3 Å². The van der Waals surface area contributed by atoms with Gasteiger partial charge in [0, 0.05) is 25.2 Å². The first-order chi connectivity index (χ1) is 9.85. The topological polar surface area (TPSA) is 51.7 Å². The molecule has 0 radical (unpaired) electrons. The third-order valence-corrected chi connectivity index (χ3v) is 3.37. The van der Waals surface area contributed by atoms with Gasteiger partial charge < -0.3 is 14.4 Å². The molecule has 1 aliphatic heterocycles. The van der Waals surface area contributed by atoms with Gasteiger partial charge in [-0.25, -0.2) is 4.79 Å². The van der Waals surface area contributed by atoms with E-state index in [2.05, 4.69) is 4.98 Å². The van der Waals surface area contributed by atoms with Gasteiger partial charge in [-0.15, -0.1) is 0 Å². The summed E-state index contributed by atoms with van der Waals surface area (Å²) in [6, 6.07) is 3.78. The Morgan fingerprint density at radius 3 is 2.90 bits per heavy atom. The Labute approximate surface area is 126 Å². The zero-order chi connectivity index (χ0) is 15.5. The maximum absolute atomic E-state index is 12.0. The largest absolute Gasteiger partial charge is 0.491 e. The van der Waals surface area contributed by atoms with Crippen LogP contribution >= 0.6 is 0 Å². The minimum atomic E-state index is -0.446. The highest BCUT2D eigenvalue weighted by atomic mass is 16.6. The van der Waals surface area contributed by atoms with Gasteiger partial charge in [0.15, 0.2) is 0 Å². The van der Waals surface area contributed by atoms with E-state index in [4.69, 9.17) is 9.47 Å². The fourth-order valence-corrected chi connectivity index (χ4v) is 2.29. The van der Waals surface area contributed by atoms with Crippen LogP contribution in [-0.4, -0.2) is 41.3 Å². The van der Waals surface area contributed by atoms with Crippen LogP contribution in [0.2, 0.25) is 0 Å². The third-order valence-electron chi connectivity index (χ3n) is 3.37. The lowest BCUT2D eigenvalue weighted by atomic mass is 10.1. The summed E-state index contributed by atoms with van der Waals surface area (Å²) in [6.07, 6.45) is 2.46. The number of carbonyl (C=O) groups is 1. The van der Waals surface area contributed by atoms with Gasteiger partial charge in [-0.2, -0.15) is 0 Å². The van der Waals surface area contributed by atoms with Crippen LogP contribution in [0.5, 0.6) is 5.75 Å². The minimum Gasteiger partial charge on any atom is -0.491 e. The van der Waals surface area contributed by atoms with Crippen molar-refractivity contribution < 1.29 is 14.3 Å². The van der Waals surface area contributed by atoms with Crippen molar-refractivity contribution >= 4 is 6.09 Å². The highest BCUT2D eigenvalue weighted by Crippen LogP contribution is 2.21. The Morgan fingerprint density at radius 1 is 1.48 bits per heavy atom. The number of likely N-dealkylation sites (tertiary alicyclic amines) is 1. The molecule has 0 spiro atoms. The summed E-state index contributed by atoms with van der Waals surface area (Å²) < 4.78 is 11.2. The summed E-state index contributed by atoms with van der Waals surface area (Å²) in [5.74, 6) is 1.16. The van der Waals surface area contributed by atoms with Crippen LogP contribution in [0.15, 0.2) is 18.3 Å². The summed E-state index contributed by atoms with van der Waals surface area (Å²) in [6.45, 7) is 9.60. The molecule has 2 rings (SSSR count). The normalized spacial score (nSPS) is 18.7. The SMILES string of the molecule is Cc1ncccc1OC[C@H]1CCN(C(=O)OC(C)(C)C)C1. The third kappa shape index (κ3) is 4.62. The molecule has 1 fully saturated rings. The minimum absolute atomic E-state index is 0.234. The zero-order valence-corrected chi connectivity index (χ0v) is 13.3. The summed E-state index contributed by atoms with van der Waals surface area (Å²) >= 11 is 0. The fraction of sp³-hybridized carbons (Fsp3) is 0.625. The Kier molecular flexibility index (Phi) is 4.70. The lowest BCUT2D eigenvalue weighted by Crippen LogP contribution is -2.35. The van der Waals surface area contributed by atoms with E-state index in [9.17, 15) is 4.79 Å². The van der Waals surface area contributed by atoms with Crippen molar-refractivity contribution in [2.24, 2.45) is 5.92 Å². The first kappa shape index (κ1) is 15.6. The second-order valence-corrected chi connectivity index (χ2v) is 6.48. The van der Waals surface area contributed by atoms with E-state index in [-0.39, 0.29) is 6.09 Å². The van der Waals surface area contributed by atoms with Crippen LogP contribution in [0, 0.1) is 12.8 Å². The van der Waals surface area contributed by atoms with Crippen LogP contribution in [0.3, 0.4) is 0 Å². The van der Waals surface area contributed by atoms with E-state index in [1.54, 1.807) is 11.1 Å². The molecule has 21 heavy (non-hydrogen) atoms. The lowest BCUT2D eigenvalue weighted by molar-refractivity contribution is 0.0284. The fourth-order valence-electron chi connectivity index (χ4n) is 2.29. The molecule has 1 saturated heterocycles. The average molecular weight is 292 g/mol. The molecule has 1 aromatic rings. The number of ether oxygens (including phenoxy) is 2. The first-order valence-corrected chi connectivity index (χ1v) is 7.37. The quantitative estimate of drug-likeness (QED) is 0.859. The number of hydrogen-bond acceptors (Lipinski definition) is 4. The molecule has 0 N–H and O–H groups in total. The molecule has 0 aliphatic carbocycles. The molecule has 1 aromatic heterocycles. The average Bonchev–Trinajstić information content (AvgIpc) is 2.85. The van der Waals surface area contributed by atoms with Crippen LogP contribution in [0.1, 0.15) is 32.9 Å². The van der Waals surface area contributed by atoms with Gasteiger partial charge in [0.25, 0.3) is 0 Å². The van der Waals surface area contributed by atoms with Crippen molar-refractivity contribution in [2.75, 3.05) is 19.7 Å². The molecular weight excluding hydrogens is 268 g/mol. The Bertz CT molecular complexity index is 497. The molecule has 0 aromatic carbocycles. The molecule has 5 nitrogen and oxygen atoms in total. The van der Waals surface area contributed by atoms with Crippen LogP contribution in [0.25, 0.3) is 0 Å². The summed E-state index contributed by atoms with van der Waals surface area (Å²) in [7, 11) is 0. The second-order valence-electron chi connectivity index (χ2n) is 6.48. The second kappa shape index (κ2) is 6.33. The van der Waals surface area contributed by atoms with Gasteiger partial charge in [-0.1, -0.05) is 0 Å². The number of aryl methyl sites for hydroxylation is 1. The van der Waals surface area contributed by atoms with Crippen molar-refractivity contribution in [3.05, 3.63) is 24.0 Å².